The fourth-order valence-corrected chi connectivity index (χ4v) is 2.76. The van der Waals surface area contributed by atoms with E-state index in [1.165, 1.54) is 12.1 Å². The summed E-state index contributed by atoms with van der Waals surface area (Å²) in [6, 6.07) is 4.46. The normalized spacial score (nSPS) is 12.2. The van der Waals surface area contributed by atoms with Crippen LogP contribution in [0.3, 0.4) is 0 Å². The molecule has 21 heavy (non-hydrogen) atoms. The molecule has 0 aliphatic carbocycles. The summed E-state index contributed by atoms with van der Waals surface area (Å²) in [6.07, 6.45) is 4.55. The van der Waals surface area contributed by atoms with E-state index < -0.39 is 0 Å². The topological polar surface area (TPSA) is 55.1 Å². The molecule has 0 bridgehead atoms. The molecule has 0 radical (unpaired) electrons. The summed E-state index contributed by atoms with van der Waals surface area (Å²) in [7, 11) is 0. The van der Waals surface area contributed by atoms with Crippen molar-refractivity contribution in [2.75, 3.05) is 6.54 Å². The van der Waals surface area contributed by atoms with Crippen LogP contribution in [0.5, 0.6) is 0 Å². The first-order valence-corrected chi connectivity index (χ1v) is 8.26. The number of carbonyl (C=O) groups excluding carboxylic acids is 1. The van der Waals surface area contributed by atoms with Gasteiger partial charge in [-0.15, -0.1) is 0 Å². The summed E-state index contributed by atoms with van der Waals surface area (Å²) in [4.78, 5) is 11.9. The largest absolute Gasteiger partial charge is 0.352 e. The standard InChI is InChI=1S/C16H24BrFN2O/c1-2-3-12(8-9-19)4-7-16(21)20-11-13-10-14(18)5-6-15(13)17/h5-6,10,12H,2-4,7-9,11,19H2,1H3,(H,20,21). The van der Waals surface area contributed by atoms with E-state index in [0.717, 1.165) is 35.7 Å². The summed E-state index contributed by atoms with van der Waals surface area (Å²) >= 11 is 3.35. The van der Waals surface area contributed by atoms with E-state index >= 15 is 0 Å². The van der Waals surface area contributed by atoms with Gasteiger partial charge in [0.25, 0.3) is 0 Å². The van der Waals surface area contributed by atoms with Gasteiger partial charge in [-0.1, -0.05) is 35.7 Å². The van der Waals surface area contributed by atoms with Crippen LogP contribution in [-0.4, -0.2) is 12.5 Å². The molecule has 1 aromatic carbocycles. The first-order valence-electron chi connectivity index (χ1n) is 7.47. The van der Waals surface area contributed by atoms with Gasteiger partial charge in [0, 0.05) is 17.4 Å². The summed E-state index contributed by atoms with van der Waals surface area (Å²) in [5.74, 6) is 0.226. The number of nitrogens with one attached hydrogen (secondary N) is 1. The van der Waals surface area contributed by atoms with E-state index in [0.29, 0.717) is 25.4 Å². The Kier molecular flexibility index (Phi) is 8.54. The zero-order chi connectivity index (χ0) is 15.7. The number of hydrogen-bond acceptors (Lipinski definition) is 2. The Balaban J connectivity index is 2.38. The van der Waals surface area contributed by atoms with Crippen LogP contribution in [0, 0.1) is 11.7 Å². The van der Waals surface area contributed by atoms with Gasteiger partial charge < -0.3 is 11.1 Å². The zero-order valence-electron chi connectivity index (χ0n) is 12.5. The maximum absolute atomic E-state index is 13.1. The number of hydrogen-bond donors (Lipinski definition) is 2. The average Bonchev–Trinajstić information content (AvgIpc) is 2.46. The lowest BCUT2D eigenvalue weighted by Crippen LogP contribution is -2.23. The Labute approximate surface area is 134 Å². The molecule has 5 heteroatoms. The molecule has 0 heterocycles. The summed E-state index contributed by atoms with van der Waals surface area (Å²) in [5, 5.41) is 2.84. The van der Waals surface area contributed by atoms with Crippen molar-refractivity contribution < 1.29 is 9.18 Å². The van der Waals surface area contributed by atoms with Crippen molar-refractivity contribution in [1.29, 1.82) is 0 Å². The van der Waals surface area contributed by atoms with E-state index in [9.17, 15) is 9.18 Å². The molecular weight excluding hydrogens is 335 g/mol. The molecule has 3 nitrogen and oxygen atoms in total. The number of rotatable bonds is 9. The van der Waals surface area contributed by atoms with Crippen molar-refractivity contribution in [3.8, 4) is 0 Å². The van der Waals surface area contributed by atoms with Gasteiger partial charge in [0.05, 0.1) is 0 Å². The minimum absolute atomic E-state index is 0.00397. The van der Waals surface area contributed by atoms with Crippen LogP contribution in [0.15, 0.2) is 22.7 Å². The van der Waals surface area contributed by atoms with Gasteiger partial charge in [-0.2, -0.15) is 0 Å². The Morgan fingerprint density at radius 1 is 1.38 bits per heavy atom. The smallest absolute Gasteiger partial charge is 0.220 e. The Morgan fingerprint density at radius 2 is 2.14 bits per heavy atom. The van der Waals surface area contributed by atoms with Crippen molar-refractivity contribution in [2.24, 2.45) is 11.7 Å². The lowest BCUT2D eigenvalue weighted by Gasteiger charge is -2.14. The van der Waals surface area contributed by atoms with Gasteiger partial charge >= 0.3 is 0 Å². The number of halogens is 2. The van der Waals surface area contributed by atoms with E-state index in [1.54, 1.807) is 6.07 Å². The van der Waals surface area contributed by atoms with Crippen molar-refractivity contribution in [1.82, 2.24) is 5.32 Å². The first kappa shape index (κ1) is 18.1. The van der Waals surface area contributed by atoms with Crippen LogP contribution in [0.25, 0.3) is 0 Å². The van der Waals surface area contributed by atoms with Gasteiger partial charge in [-0.25, -0.2) is 4.39 Å². The highest BCUT2D eigenvalue weighted by molar-refractivity contribution is 9.10. The van der Waals surface area contributed by atoms with Crippen molar-refractivity contribution in [3.05, 3.63) is 34.1 Å². The minimum Gasteiger partial charge on any atom is -0.352 e. The second-order valence-electron chi connectivity index (χ2n) is 5.28. The SMILES string of the molecule is CCCC(CCN)CCC(=O)NCc1cc(F)ccc1Br. The lowest BCUT2D eigenvalue weighted by molar-refractivity contribution is -0.121. The molecule has 0 saturated heterocycles. The maximum atomic E-state index is 13.1. The molecule has 1 amide bonds. The molecule has 0 aromatic heterocycles. The second kappa shape index (κ2) is 9.90. The van der Waals surface area contributed by atoms with Gasteiger partial charge in [0.2, 0.25) is 5.91 Å². The first-order chi connectivity index (χ1) is 10.1. The van der Waals surface area contributed by atoms with E-state index in [-0.39, 0.29) is 11.7 Å². The lowest BCUT2D eigenvalue weighted by atomic mass is 9.94. The van der Waals surface area contributed by atoms with Crippen molar-refractivity contribution in [2.45, 2.75) is 45.6 Å². The number of nitrogens with two attached hydrogens (primary N) is 1. The zero-order valence-corrected chi connectivity index (χ0v) is 14.1. The Morgan fingerprint density at radius 3 is 2.81 bits per heavy atom. The van der Waals surface area contributed by atoms with Gasteiger partial charge in [-0.05, 0) is 49.1 Å². The molecule has 0 saturated carbocycles. The Bertz CT molecular complexity index is 448. The van der Waals surface area contributed by atoms with Crippen LogP contribution >= 0.6 is 15.9 Å². The fourth-order valence-electron chi connectivity index (χ4n) is 2.37. The highest BCUT2D eigenvalue weighted by Crippen LogP contribution is 2.19. The predicted molar refractivity (Wildman–Crippen MR) is 87.3 cm³/mol. The average molecular weight is 359 g/mol. The molecular formula is C16H24BrFN2O. The molecule has 1 atom stereocenters. The van der Waals surface area contributed by atoms with Gasteiger partial charge in [0.15, 0.2) is 0 Å². The summed E-state index contributed by atoms with van der Waals surface area (Å²) in [5.41, 5.74) is 6.34. The van der Waals surface area contributed by atoms with Crippen molar-refractivity contribution in [3.63, 3.8) is 0 Å². The summed E-state index contributed by atoms with van der Waals surface area (Å²) < 4.78 is 14.0. The minimum atomic E-state index is -0.298. The third-order valence-corrected chi connectivity index (χ3v) is 4.31. The van der Waals surface area contributed by atoms with Crippen LogP contribution in [0.1, 0.15) is 44.6 Å². The molecule has 0 spiro atoms. The molecule has 3 N–H and O–H groups in total. The quantitative estimate of drug-likeness (QED) is 0.706. The molecule has 1 unspecified atom stereocenters. The fraction of sp³-hybridized carbons (Fsp3) is 0.562. The molecule has 1 aromatic rings. The monoisotopic (exact) mass is 358 g/mol. The molecule has 118 valence electrons. The van der Waals surface area contributed by atoms with E-state index in [1.807, 2.05) is 0 Å². The maximum Gasteiger partial charge on any atom is 0.220 e. The number of carbonyl (C=O) groups is 1. The van der Waals surface area contributed by atoms with Crippen LogP contribution < -0.4 is 11.1 Å². The summed E-state index contributed by atoms with van der Waals surface area (Å²) in [6.45, 7) is 3.15. The third-order valence-electron chi connectivity index (χ3n) is 3.54. The highest BCUT2D eigenvalue weighted by atomic mass is 79.9. The van der Waals surface area contributed by atoms with Crippen LogP contribution in [0.4, 0.5) is 4.39 Å². The van der Waals surface area contributed by atoms with E-state index in [4.69, 9.17) is 5.73 Å². The van der Waals surface area contributed by atoms with Crippen LogP contribution in [0.2, 0.25) is 0 Å². The predicted octanol–water partition coefficient (Wildman–Crippen LogP) is 3.75. The van der Waals surface area contributed by atoms with Crippen molar-refractivity contribution >= 4 is 21.8 Å². The van der Waals surface area contributed by atoms with Gasteiger partial charge in [0.1, 0.15) is 5.82 Å². The highest BCUT2D eigenvalue weighted by Gasteiger charge is 2.10. The molecule has 0 fully saturated rings. The van der Waals surface area contributed by atoms with E-state index in [2.05, 4.69) is 28.2 Å². The van der Waals surface area contributed by atoms with Crippen LogP contribution in [-0.2, 0) is 11.3 Å². The number of amides is 1. The molecule has 1 rings (SSSR count). The second-order valence-corrected chi connectivity index (χ2v) is 6.14. The Hall–Kier alpha value is -0.940. The number of benzene rings is 1. The molecule has 0 aliphatic heterocycles. The van der Waals surface area contributed by atoms with Gasteiger partial charge in [-0.3, -0.25) is 4.79 Å². The molecule has 0 aliphatic rings. The third kappa shape index (κ3) is 7.05.